The van der Waals surface area contributed by atoms with Gasteiger partial charge in [0.15, 0.2) is 0 Å². The fraction of sp³-hybridized carbons (Fsp3) is 0.857. The van der Waals surface area contributed by atoms with Gasteiger partial charge in [-0.15, -0.1) is 0 Å². The van der Waals surface area contributed by atoms with Crippen LogP contribution in [-0.2, 0) is 19.8 Å². The van der Waals surface area contributed by atoms with Gasteiger partial charge >= 0.3 is 16.4 Å². The summed E-state index contributed by atoms with van der Waals surface area (Å²) in [7, 11) is -1.07. The number of carbonyl (C=O) groups excluding carboxylic acids is 2. The highest BCUT2D eigenvalue weighted by atomic mass is 32.2. The molecule has 0 aromatic rings. The van der Waals surface area contributed by atoms with E-state index in [4.69, 9.17) is 9.29 Å². The van der Waals surface area contributed by atoms with Crippen molar-refractivity contribution in [3.8, 4) is 0 Å². The molecule has 0 spiro atoms. The minimum absolute atomic E-state index is 0.214. The number of amides is 2. The monoisotopic (exact) mass is 380 g/mol. The smallest absolute Gasteiger partial charge is 0.407 e. The summed E-state index contributed by atoms with van der Waals surface area (Å²) < 4.78 is 38.6. The number of ether oxygens (including phenoxy) is 1. The van der Waals surface area contributed by atoms with Gasteiger partial charge in [-0.1, -0.05) is 0 Å². The third-order valence-electron chi connectivity index (χ3n) is 3.56. The molecule has 3 atom stereocenters. The van der Waals surface area contributed by atoms with E-state index in [1.165, 1.54) is 5.01 Å². The first-order valence-electron chi connectivity index (χ1n) is 7.99. The second-order valence-corrected chi connectivity index (χ2v) is 8.52. The lowest BCUT2D eigenvalue weighted by Gasteiger charge is -2.36. The molecule has 4 N–H and O–H groups in total. The lowest BCUT2D eigenvalue weighted by molar-refractivity contribution is -0.130. The van der Waals surface area contributed by atoms with Crippen molar-refractivity contribution in [1.29, 1.82) is 0 Å². The molecule has 10 nitrogen and oxygen atoms in total. The number of rotatable bonds is 5. The molecule has 146 valence electrons. The maximum Gasteiger partial charge on any atom is 0.407 e. The van der Waals surface area contributed by atoms with E-state index in [1.54, 1.807) is 34.9 Å². The molecule has 11 heteroatoms. The Morgan fingerprint density at radius 3 is 2.24 bits per heavy atom. The van der Waals surface area contributed by atoms with Crippen LogP contribution in [0.15, 0.2) is 0 Å². The molecule has 0 saturated heterocycles. The van der Waals surface area contributed by atoms with Crippen LogP contribution in [0.4, 0.5) is 4.79 Å². The van der Waals surface area contributed by atoms with Crippen molar-refractivity contribution in [2.75, 3.05) is 14.1 Å². The van der Waals surface area contributed by atoms with E-state index in [0.717, 1.165) is 0 Å². The van der Waals surface area contributed by atoms with Crippen LogP contribution in [0.5, 0.6) is 0 Å². The van der Waals surface area contributed by atoms with Crippen molar-refractivity contribution in [1.82, 2.24) is 20.5 Å². The van der Waals surface area contributed by atoms with E-state index < -0.39 is 40.0 Å². The summed E-state index contributed by atoms with van der Waals surface area (Å²) >= 11 is 0. The molecular weight excluding hydrogens is 352 g/mol. The molecule has 1 fully saturated rings. The lowest BCUT2D eigenvalue weighted by Crippen LogP contribution is -2.56. The van der Waals surface area contributed by atoms with Crippen LogP contribution < -0.4 is 15.5 Å². The summed E-state index contributed by atoms with van der Waals surface area (Å²) in [6, 6.07) is -1.42. The van der Waals surface area contributed by atoms with Crippen LogP contribution in [-0.4, -0.2) is 61.8 Å². The number of hydrogen-bond acceptors (Lipinski definition) is 6. The number of alkyl carbamates (subject to hydrolysis) is 1. The Bertz CT molecular complexity index is 587. The Morgan fingerprint density at radius 2 is 1.76 bits per heavy atom. The summed E-state index contributed by atoms with van der Waals surface area (Å²) in [5.41, 5.74) is 1.93. The highest BCUT2D eigenvalue weighted by Crippen LogP contribution is 2.26. The average Bonchev–Trinajstić information content (AvgIpc) is 2.35. The number of nitrogens with one attached hydrogen (secondary N) is 3. The molecule has 0 heterocycles. The van der Waals surface area contributed by atoms with Gasteiger partial charge in [0.1, 0.15) is 5.60 Å². The highest BCUT2D eigenvalue weighted by Gasteiger charge is 2.37. The number of carbonyl (C=O) groups is 2. The van der Waals surface area contributed by atoms with E-state index >= 15 is 0 Å². The first-order valence-corrected chi connectivity index (χ1v) is 9.43. The molecular formula is C14H28N4O6S. The quantitative estimate of drug-likeness (QED) is 0.390. The van der Waals surface area contributed by atoms with Crippen molar-refractivity contribution < 1.29 is 27.3 Å². The van der Waals surface area contributed by atoms with E-state index in [9.17, 15) is 18.0 Å². The largest absolute Gasteiger partial charge is 0.444 e. The predicted molar refractivity (Wildman–Crippen MR) is 90.8 cm³/mol. The molecule has 25 heavy (non-hydrogen) atoms. The maximum absolute atomic E-state index is 12.2. The van der Waals surface area contributed by atoms with Crippen molar-refractivity contribution in [3.05, 3.63) is 0 Å². The third kappa shape index (κ3) is 8.47. The second kappa shape index (κ2) is 8.30. The molecule has 1 aliphatic rings. The van der Waals surface area contributed by atoms with Crippen molar-refractivity contribution in [2.24, 2.45) is 5.92 Å². The van der Waals surface area contributed by atoms with Gasteiger partial charge in [-0.3, -0.25) is 14.8 Å². The first kappa shape index (κ1) is 21.6. The number of nitrogens with zero attached hydrogens (tertiary/aromatic N) is 1. The van der Waals surface area contributed by atoms with E-state index in [1.807, 2.05) is 0 Å². The van der Waals surface area contributed by atoms with Gasteiger partial charge in [-0.05, 0) is 40.0 Å². The molecule has 1 aliphatic carbocycles. The first-order chi connectivity index (χ1) is 11.3. The Labute approximate surface area is 148 Å². The zero-order chi connectivity index (χ0) is 19.4. The van der Waals surface area contributed by atoms with Crippen LogP contribution in [0.1, 0.15) is 40.0 Å². The summed E-state index contributed by atoms with van der Waals surface area (Å²) in [4.78, 5) is 24.2. The highest BCUT2D eigenvalue weighted by molar-refractivity contribution is 7.83. The van der Waals surface area contributed by atoms with Gasteiger partial charge in [0.25, 0.3) is 0 Å². The van der Waals surface area contributed by atoms with Gasteiger partial charge < -0.3 is 10.1 Å². The molecule has 1 saturated carbocycles. The van der Waals surface area contributed by atoms with Crippen LogP contribution >= 0.6 is 0 Å². The van der Waals surface area contributed by atoms with Crippen LogP contribution in [0.25, 0.3) is 0 Å². The minimum Gasteiger partial charge on any atom is -0.444 e. The van der Waals surface area contributed by atoms with Crippen LogP contribution in [0, 0.1) is 5.92 Å². The molecule has 0 aliphatic heterocycles. The summed E-state index contributed by atoms with van der Waals surface area (Å²) in [6.07, 6.45) is 0.199. The maximum atomic E-state index is 12.2. The fourth-order valence-corrected chi connectivity index (χ4v) is 3.34. The van der Waals surface area contributed by atoms with Crippen LogP contribution in [0.3, 0.4) is 0 Å². The Kier molecular flexibility index (Phi) is 7.18. The normalized spacial score (nSPS) is 24.7. The van der Waals surface area contributed by atoms with Gasteiger partial charge in [0.2, 0.25) is 5.91 Å². The molecule has 1 rings (SSSR count). The molecule has 0 unspecified atom stereocenters. The molecule has 0 aromatic carbocycles. The number of hydrazine groups is 1. The van der Waals surface area contributed by atoms with Gasteiger partial charge in [0.05, 0.1) is 0 Å². The van der Waals surface area contributed by atoms with E-state index in [2.05, 4.69) is 15.5 Å². The van der Waals surface area contributed by atoms with Gasteiger partial charge in [0, 0.05) is 32.1 Å². The Morgan fingerprint density at radius 1 is 1.16 bits per heavy atom. The Hall–Kier alpha value is -1.43. The van der Waals surface area contributed by atoms with Crippen molar-refractivity contribution in [2.45, 2.75) is 57.7 Å². The molecule has 2 amide bonds. The van der Waals surface area contributed by atoms with Crippen molar-refractivity contribution >= 4 is 22.3 Å². The molecule has 0 radical (unpaired) electrons. The second-order valence-electron chi connectivity index (χ2n) is 7.33. The topological polar surface area (TPSA) is 137 Å². The summed E-state index contributed by atoms with van der Waals surface area (Å²) in [5, 5.41) is 4.11. The average molecular weight is 380 g/mol. The lowest BCUT2D eigenvalue weighted by atomic mass is 9.82. The zero-order valence-electron chi connectivity index (χ0n) is 15.2. The van der Waals surface area contributed by atoms with E-state index in [-0.39, 0.29) is 18.7 Å². The van der Waals surface area contributed by atoms with E-state index in [0.29, 0.717) is 6.42 Å². The number of hydrogen-bond donors (Lipinski definition) is 4. The van der Waals surface area contributed by atoms with Crippen LogP contribution in [0.2, 0.25) is 0 Å². The SMILES string of the molecule is CN(C)NC(=O)[C@H]1CC[C@H](NS(=O)(=O)O)[C@H](NC(=O)OC(C)(C)C)C1. The summed E-state index contributed by atoms with van der Waals surface area (Å²) in [6.45, 7) is 5.11. The predicted octanol–water partition coefficient (Wildman–Crippen LogP) is 0.0336. The summed E-state index contributed by atoms with van der Waals surface area (Å²) in [5.74, 6) is -0.618. The Balaban J connectivity index is 2.84. The van der Waals surface area contributed by atoms with Crippen molar-refractivity contribution in [3.63, 3.8) is 0 Å². The standard InChI is InChI=1S/C14H28N4O6S/c1-14(2,3)24-13(20)15-11-8-9(12(19)16-18(4)5)6-7-10(11)17-25(21,22)23/h9-11,17H,6-8H2,1-5H3,(H,15,20)(H,16,19)(H,21,22,23)/t9-,10-,11+/m0/s1. The zero-order valence-corrected chi connectivity index (χ0v) is 16.0. The molecule has 0 bridgehead atoms. The third-order valence-corrected chi connectivity index (χ3v) is 4.16. The fourth-order valence-electron chi connectivity index (χ4n) is 2.67. The van der Waals surface area contributed by atoms with Gasteiger partial charge in [-0.25, -0.2) is 9.80 Å². The minimum atomic E-state index is -4.44. The van der Waals surface area contributed by atoms with Gasteiger partial charge in [-0.2, -0.15) is 13.1 Å². The molecule has 0 aromatic heterocycles.